The van der Waals surface area contributed by atoms with Crippen LogP contribution < -0.4 is 5.32 Å². The van der Waals surface area contributed by atoms with E-state index in [0.717, 1.165) is 19.5 Å². The van der Waals surface area contributed by atoms with Crippen LogP contribution in [0.2, 0.25) is 0 Å². The van der Waals surface area contributed by atoms with Crippen LogP contribution in [0.3, 0.4) is 0 Å². The van der Waals surface area contributed by atoms with E-state index in [4.69, 9.17) is 4.74 Å². The molecule has 3 rings (SSSR count). The van der Waals surface area contributed by atoms with Gasteiger partial charge in [-0.25, -0.2) is 0 Å². The molecule has 0 saturated carbocycles. The van der Waals surface area contributed by atoms with Gasteiger partial charge in [-0.3, -0.25) is 0 Å². The highest BCUT2D eigenvalue weighted by atomic mass is 16.5. The van der Waals surface area contributed by atoms with Crippen LogP contribution in [0.1, 0.15) is 34.6 Å². The van der Waals surface area contributed by atoms with Crippen molar-refractivity contribution in [2.24, 2.45) is 0 Å². The number of rotatable bonds is 4. The number of hydrogen-bond acceptors (Lipinski definition) is 2. The van der Waals surface area contributed by atoms with E-state index in [1.807, 2.05) is 0 Å². The maximum Gasteiger partial charge on any atom is 0.0721 e. The summed E-state index contributed by atoms with van der Waals surface area (Å²) in [7, 11) is 0. The maximum atomic E-state index is 6.31. The summed E-state index contributed by atoms with van der Waals surface area (Å²) in [6.45, 7) is 7.04. The summed E-state index contributed by atoms with van der Waals surface area (Å²) in [6, 6.07) is 17.4. The summed E-state index contributed by atoms with van der Waals surface area (Å²) in [5, 5.41) is 3.50. The largest absolute Gasteiger partial charge is 0.373 e. The van der Waals surface area contributed by atoms with Crippen molar-refractivity contribution in [3.05, 3.63) is 70.8 Å². The minimum atomic E-state index is 0.296. The van der Waals surface area contributed by atoms with Gasteiger partial charge < -0.3 is 10.1 Å². The highest BCUT2D eigenvalue weighted by molar-refractivity contribution is 5.28. The number of aryl methyl sites for hydroxylation is 2. The average Bonchev–Trinajstić information content (AvgIpc) is 2.53. The summed E-state index contributed by atoms with van der Waals surface area (Å²) in [4.78, 5) is 0. The highest BCUT2D eigenvalue weighted by Crippen LogP contribution is 2.27. The average molecular weight is 295 g/mol. The lowest BCUT2D eigenvalue weighted by atomic mass is 9.89. The van der Waals surface area contributed by atoms with Gasteiger partial charge in [0.15, 0.2) is 0 Å². The second-order valence-electron chi connectivity index (χ2n) is 6.36. The molecule has 2 atom stereocenters. The van der Waals surface area contributed by atoms with Crippen LogP contribution >= 0.6 is 0 Å². The molecule has 1 aliphatic rings. The van der Waals surface area contributed by atoms with Crippen LogP contribution in [0, 0.1) is 13.8 Å². The van der Waals surface area contributed by atoms with E-state index >= 15 is 0 Å². The zero-order valence-electron chi connectivity index (χ0n) is 13.5. The Morgan fingerprint density at radius 2 is 1.77 bits per heavy atom. The van der Waals surface area contributed by atoms with Crippen LogP contribution in [0.15, 0.2) is 48.5 Å². The lowest BCUT2D eigenvalue weighted by molar-refractivity contribution is 0.00689. The van der Waals surface area contributed by atoms with Gasteiger partial charge in [-0.05, 0) is 37.9 Å². The molecule has 116 valence electrons. The molecular formula is C20H25NO. The Labute approximate surface area is 133 Å². The number of ether oxygens (including phenoxy) is 1. The SMILES string of the molecule is Cc1cc(C)cc(COC2CCNCC2c2ccccc2)c1. The van der Waals surface area contributed by atoms with Gasteiger partial charge in [0.1, 0.15) is 0 Å². The molecule has 2 unspecified atom stereocenters. The van der Waals surface area contributed by atoms with Crippen LogP contribution in [-0.4, -0.2) is 19.2 Å². The van der Waals surface area contributed by atoms with Crippen molar-refractivity contribution >= 4 is 0 Å². The van der Waals surface area contributed by atoms with Crippen molar-refractivity contribution in [2.45, 2.75) is 38.9 Å². The number of nitrogens with one attached hydrogen (secondary N) is 1. The van der Waals surface area contributed by atoms with Crippen molar-refractivity contribution in [2.75, 3.05) is 13.1 Å². The van der Waals surface area contributed by atoms with Gasteiger partial charge in [0.05, 0.1) is 12.7 Å². The Hall–Kier alpha value is -1.64. The molecule has 22 heavy (non-hydrogen) atoms. The molecule has 1 fully saturated rings. The van der Waals surface area contributed by atoms with Gasteiger partial charge in [-0.15, -0.1) is 0 Å². The molecule has 0 aromatic heterocycles. The molecule has 0 amide bonds. The molecule has 2 heteroatoms. The Kier molecular flexibility index (Phi) is 4.91. The first-order valence-corrected chi connectivity index (χ1v) is 8.17. The van der Waals surface area contributed by atoms with Crippen LogP contribution in [0.5, 0.6) is 0 Å². The lowest BCUT2D eigenvalue weighted by Gasteiger charge is -2.32. The van der Waals surface area contributed by atoms with Gasteiger partial charge in [0.25, 0.3) is 0 Å². The van der Waals surface area contributed by atoms with E-state index in [1.54, 1.807) is 0 Å². The minimum Gasteiger partial charge on any atom is -0.373 e. The van der Waals surface area contributed by atoms with E-state index in [9.17, 15) is 0 Å². The normalized spacial score (nSPS) is 21.7. The molecule has 2 aromatic carbocycles. The number of hydrogen-bond donors (Lipinski definition) is 1. The molecule has 0 bridgehead atoms. The van der Waals surface area contributed by atoms with Gasteiger partial charge in [-0.1, -0.05) is 59.7 Å². The Bertz CT molecular complexity index is 588. The van der Waals surface area contributed by atoms with Crippen molar-refractivity contribution in [3.8, 4) is 0 Å². The van der Waals surface area contributed by atoms with Crippen molar-refractivity contribution in [3.63, 3.8) is 0 Å². The van der Waals surface area contributed by atoms with Crippen molar-refractivity contribution in [1.82, 2.24) is 5.32 Å². The van der Waals surface area contributed by atoms with Crippen LogP contribution in [0.25, 0.3) is 0 Å². The van der Waals surface area contributed by atoms with Crippen LogP contribution in [-0.2, 0) is 11.3 Å². The fourth-order valence-corrected chi connectivity index (χ4v) is 3.42. The van der Waals surface area contributed by atoms with Crippen molar-refractivity contribution < 1.29 is 4.74 Å². The molecule has 1 heterocycles. The second-order valence-corrected chi connectivity index (χ2v) is 6.36. The molecule has 0 radical (unpaired) electrons. The molecule has 1 N–H and O–H groups in total. The second kappa shape index (κ2) is 7.08. The summed E-state index contributed by atoms with van der Waals surface area (Å²) in [6.07, 6.45) is 1.37. The summed E-state index contributed by atoms with van der Waals surface area (Å²) < 4.78 is 6.31. The third kappa shape index (κ3) is 3.76. The quantitative estimate of drug-likeness (QED) is 0.921. The Morgan fingerprint density at radius 1 is 1.05 bits per heavy atom. The molecule has 0 spiro atoms. The lowest BCUT2D eigenvalue weighted by Crippen LogP contribution is -2.39. The fourth-order valence-electron chi connectivity index (χ4n) is 3.42. The number of piperidine rings is 1. The van der Waals surface area contributed by atoms with Gasteiger partial charge >= 0.3 is 0 Å². The van der Waals surface area contributed by atoms with Crippen molar-refractivity contribution in [1.29, 1.82) is 0 Å². The zero-order valence-corrected chi connectivity index (χ0v) is 13.5. The smallest absolute Gasteiger partial charge is 0.0721 e. The van der Waals surface area contributed by atoms with Crippen LogP contribution in [0.4, 0.5) is 0 Å². The van der Waals surface area contributed by atoms with E-state index in [2.05, 4.69) is 67.7 Å². The topological polar surface area (TPSA) is 21.3 Å². The molecule has 2 aromatic rings. The predicted molar refractivity (Wildman–Crippen MR) is 91.2 cm³/mol. The first-order chi connectivity index (χ1) is 10.7. The number of benzene rings is 2. The first-order valence-electron chi connectivity index (χ1n) is 8.17. The highest BCUT2D eigenvalue weighted by Gasteiger charge is 2.26. The fraction of sp³-hybridized carbons (Fsp3) is 0.400. The summed E-state index contributed by atoms with van der Waals surface area (Å²) in [5.74, 6) is 0.445. The molecule has 2 nitrogen and oxygen atoms in total. The maximum absolute atomic E-state index is 6.31. The molecule has 0 aliphatic carbocycles. The standard InChI is InChI=1S/C20H25NO/c1-15-10-16(2)12-17(11-15)14-22-20-8-9-21-13-19(20)18-6-4-3-5-7-18/h3-7,10-12,19-21H,8-9,13-14H2,1-2H3. The Morgan fingerprint density at radius 3 is 2.50 bits per heavy atom. The zero-order chi connectivity index (χ0) is 15.4. The van der Waals surface area contributed by atoms with E-state index in [0.29, 0.717) is 18.6 Å². The third-order valence-electron chi connectivity index (χ3n) is 4.39. The van der Waals surface area contributed by atoms with Gasteiger partial charge in [0, 0.05) is 12.5 Å². The van der Waals surface area contributed by atoms with E-state index in [1.165, 1.54) is 22.3 Å². The van der Waals surface area contributed by atoms with Gasteiger partial charge in [0.2, 0.25) is 0 Å². The van der Waals surface area contributed by atoms with E-state index in [-0.39, 0.29) is 0 Å². The summed E-state index contributed by atoms with van der Waals surface area (Å²) >= 11 is 0. The first kappa shape index (κ1) is 15.3. The molecule has 1 saturated heterocycles. The monoisotopic (exact) mass is 295 g/mol. The molecular weight excluding hydrogens is 270 g/mol. The predicted octanol–water partition coefficient (Wildman–Crippen LogP) is 3.97. The van der Waals surface area contributed by atoms with Gasteiger partial charge in [-0.2, -0.15) is 0 Å². The summed E-state index contributed by atoms with van der Waals surface area (Å²) in [5.41, 5.74) is 5.27. The molecule has 1 aliphatic heterocycles. The third-order valence-corrected chi connectivity index (χ3v) is 4.39. The van der Waals surface area contributed by atoms with E-state index < -0.39 is 0 Å². The minimum absolute atomic E-state index is 0.296. The Balaban J connectivity index is 1.69.